The summed E-state index contributed by atoms with van der Waals surface area (Å²) in [6.07, 6.45) is 0.377. The Kier molecular flexibility index (Phi) is 3.78. The first-order valence-electron chi connectivity index (χ1n) is 6.63. The van der Waals surface area contributed by atoms with Gasteiger partial charge in [0.05, 0.1) is 12.5 Å². The standard InChI is InChI=1S/C16H14BrFN2O/c1-19-16(12-4-3-11(17)8-13(12)18)9-2-5-14-10(6-9)7-15(21)20-14/h2-6,8,16,19H,7H2,1H3,(H,20,21). The summed E-state index contributed by atoms with van der Waals surface area (Å²) in [5, 5.41) is 5.94. The van der Waals surface area contributed by atoms with Gasteiger partial charge in [0.1, 0.15) is 5.82 Å². The number of fused-ring (bicyclic) bond motifs is 1. The number of amides is 1. The van der Waals surface area contributed by atoms with E-state index in [4.69, 9.17) is 0 Å². The molecule has 1 amide bonds. The predicted octanol–water partition coefficient (Wildman–Crippen LogP) is 3.39. The zero-order chi connectivity index (χ0) is 15.0. The molecule has 3 rings (SSSR count). The Morgan fingerprint density at radius 3 is 2.81 bits per heavy atom. The molecule has 0 saturated carbocycles. The number of carbonyl (C=O) groups excluding carboxylic acids is 1. The van der Waals surface area contributed by atoms with Crippen molar-refractivity contribution in [3.05, 3.63) is 63.4 Å². The minimum Gasteiger partial charge on any atom is -0.326 e. The zero-order valence-electron chi connectivity index (χ0n) is 11.4. The van der Waals surface area contributed by atoms with E-state index in [1.165, 1.54) is 6.07 Å². The quantitative estimate of drug-likeness (QED) is 0.892. The lowest BCUT2D eigenvalue weighted by Crippen LogP contribution is -2.19. The van der Waals surface area contributed by atoms with E-state index < -0.39 is 0 Å². The van der Waals surface area contributed by atoms with Gasteiger partial charge in [-0.15, -0.1) is 0 Å². The van der Waals surface area contributed by atoms with Crippen molar-refractivity contribution in [3.63, 3.8) is 0 Å². The fourth-order valence-corrected chi connectivity index (χ4v) is 3.00. The third-order valence-electron chi connectivity index (χ3n) is 3.65. The first-order valence-corrected chi connectivity index (χ1v) is 7.42. The molecule has 0 aliphatic carbocycles. The van der Waals surface area contributed by atoms with Gasteiger partial charge in [0.15, 0.2) is 0 Å². The molecular weight excluding hydrogens is 335 g/mol. The Balaban J connectivity index is 2.01. The average molecular weight is 349 g/mol. The van der Waals surface area contributed by atoms with Crippen molar-refractivity contribution in [2.45, 2.75) is 12.5 Å². The van der Waals surface area contributed by atoms with E-state index >= 15 is 0 Å². The Labute approximate surface area is 130 Å². The number of rotatable bonds is 3. The molecule has 5 heteroatoms. The molecule has 21 heavy (non-hydrogen) atoms. The molecule has 0 radical (unpaired) electrons. The van der Waals surface area contributed by atoms with Crippen LogP contribution in [0.1, 0.15) is 22.7 Å². The Morgan fingerprint density at radius 2 is 2.10 bits per heavy atom. The van der Waals surface area contributed by atoms with Crippen LogP contribution in [0.25, 0.3) is 0 Å². The Morgan fingerprint density at radius 1 is 1.29 bits per heavy atom. The van der Waals surface area contributed by atoms with Crippen molar-refractivity contribution in [1.82, 2.24) is 5.32 Å². The van der Waals surface area contributed by atoms with Gasteiger partial charge in [-0.3, -0.25) is 4.79 Å². The van der Waals surface area contributed by atoms with Crippen LogP contribution in [0, 0.1) is 5.82 Å². The minimum atomic E-state index is -0.265. The van der Waals surface area contributed by atoms with E-state index in [1.54, 1.807) is 13.1 Å². The molecule has 1 unspecified atom stereocenters. The van der Waals surface area contributed by atoms with E-state index in [1.807, 2.05) is 24.3 Å². The van der Waals surface area contributed by atoms with Gasteiger partial charge in [0, 0.05) is 15.7 Å². The summed E-state index contributed by atoms with van der Waals surface area (Å²) in [4.78, 5) is 11.4. The number of hydrogen-bond donors (Lipinski definition) is 2. The SMILES string of the molecule is CNC(c1ccc2c(c1)CC(=O)N2)c1ccc(Br)cc1F. The summed E-state index contributed by atoms with van der Waals surface area (Å²) in [5.41, 5.74) is 3.32. The summed E-state index contributed by atoms with van der Waals surface area (Å²) in [5.74, 6) is -0.267. The van der Waals surface area contributed by atoms with Crippen LogP contribution < -0.4 is 10.6 Å². The molecule has 2 aromatic carbocycles. The largest absolute Gasteiger partial charge is 0.326 e. The van der Waals surface area contributed by atoms with Crippen LogP contribution in [0.2, 0.25) is 0 Å². The van der Waals surface area contributed by atoms with Gasteiger partial charge in [-0.2, -0.15) is 0 Å². The second-order valence-electron chi connectivity index (χ2n) is 5.03. The van der Waals surface area contributed by atoms with E-state index in [2.05, 4.69) is 26.6 Å². The molecule has 0 spiro atoms. The van der Waals surface area contributed by atoms with Crippen LogP contribution in [0.5, 0.6) is 0 Å². The maximum absolute atomic E-state index is 14.2. The fraction of sp³-hybridized carbons (Fsp3) is 0.188. The van der Waals surface area contributed by atoms with E-state index in [0.29, 0.717) is 16.5 Å². The second kappa shape index (κ2) is 5.58. The molecule has 2 aromatic rings. The molecule has 1 heterocycles. The summed E-state index contributed by atoms with van der Waals surface area (Å²) in [7, 11) is 1.79. The van der Waals surface area contributed by atoms with Crippen molar-refractivity contribution in [2.75, 3.05) is 12.4 Å². The van der Waals surface area contributed by atoms with Crippen molar-refractivity contribution in [1.29, 1.82) is 0 Å². The van der Waals surface area contributed by atoms with Gasteiger partial charge >= 0.3 is 0 Å². The highest BCUT2D eigenvalue weighted by Gasteiger charge is 2.21. The first-order chi connectivity index (χ1) is 10.1. The number of hydrogen-bond acceptors (Lipinski definition) is 2. The number of anilines is 1. The smallest absolute Gasteiger partial charge is 0.228 e. The van der Waals surface area contributed by atoms with Crippen molar-refractivity contribution in [2.24, 2.45) is 0 Å². The molecule has 2 N–H and O–H groups in total. The number of carbonyl (C=O) groups is 1. The molecule has 0 aromatic heterocycles. The van der Waals surface area contributed by atoms with Gasteiger partial charge in [0.2, 0.25) is 5.91 Å². The van der Waals surface area contributed by atoms with E-state index in [0.717, 1.165) is 16.8 Å². The molecule has 1 atom stereocenters. The van der Waals surface area contributed by atoms with Crippen LogP contribution in [0.3, 0.4) is 0 Å². The lowest BCUT2D eigenvalue weighted by molar-refractivity contribution is -0.115. The molecule has 0 fully saturated rings. The normalized spacial score (nSPS) is 14.7. The summed E-state index contributed by atoms with van der Waals surface area (Å²) < 4.78 is 14.9. The third kappa shape index (κ3) is 2.71. The highest BCUT2D eigenvalue weighted by molar-refractivity contribution is 9.10. The van der Waals surface area contributed by atoms with Crippen LogP contribution in [-0.4, -0.2) is 13.0 Å². The summed E-state index contributed by atoms with van der Waals surface area (Å²) in [6, 6.07) is 10.5. The van der Waals surface area contributed by atoms with Gasteiger partial charge in [-0.05, 0) is 36.4 Å². The highest BCUT2D eigenvalue weighted by Crippen LogP contribution is 2.31. The second-order valence-corrected chi connectivity index (χ2v) is 5.94. The number of nitrogens with one attached hydrogen (secondary N) is 2. The Hall–Kier alpha value is -1.72. The predicted molar refractivity (Wildman–Crippen MR) is 83.8 cm³/mol. The lowest BCUT2D eigenvalue weighted by atomic mass is 9.96. The highest BCUT2D eigenvalue weighted by atomic mass is 79.9. The van der Waals surface area contributed by atoms with Crippen molar-refractivity contribution in [3.8, 4) is 0 Å². The van der Waals surface area contributed by atoms with E-state index in [-0.39, 0.29) is 17.8 Å². The average Bonchev–Trinajstić information content (AvgIpc) is 2.81. The molecule has 108 valence electrons. The van der Waals surface area contributed by atoms with Gasteiger partial charge < -0.3 is 10.6 Å². The minimum absolute atomic E-state index is 0.00187. The number of halogens is 2. The topological polar surface area (TPSA) is 41.1 Å². The Bertz CT molecular complexity index is 717. The monoisotopic (exact) mass is 348 g/mol. The molecule has 3 nitrogen and oxygen atoms in total. The fourth-order valence-electron chi connectivity index (χ4n) is 2.67. The molecule has 0 saturated heterocycles. The number of benzene rings is 2. The molecule has 1 aliphatic heterocycles. The molecule has 1 aliphatic rings. The maximum atomic E-state index is 14.2. The third-order valence-corrected chi connectivity index (χ3v) is 4.14. The van der Waals surface area contributed by atoms with Crippen LogP contribution in [-0.2, 0) is 11.2 Å². The van der Waals surface area contributed by atoms with Crippen LogP contribution in [0.15, 0.2) is 40.9 Å². The van der Waals surface area contributed by atoms with Crippen LogP contribution in [0.4, 0.5) is 10.1 Å². The van der Waals surface area contributed by atoms with Gasteiger partial charge in [0.25, 0.3) is 0 Å². The lowest BCUT2D eigenvalue weighted by Gasteiger charge is -2.19. The summed E-state index contributed by atoms with van der Waals surface area (Å²) in [6.45, 7) is 0. The van der Waals surface area contributed by atoms with Gasteiger partial charge in [-0.25, -0.2) is 4.39 Å². The van der Waals surface area contributed by atoms with Crippen molar-refractivity contribution < 1.29 is 9.18 Å². The van der Waals surface area contributed by atoms with Crippen LogP contribution >= 0.6 is 15.9 Å². The molecule has 0 bridgehead atoms. The first kappa shape index (κ1) is 14.2. The van der Waals surface area contributed by atoms with E-state index in [9.17, 15) is 9.18 Å². The van der Waals surface area contributed by atoms with Gasteiger partial charge in [-0.1, -0.05) is 34.1 Å². The molecular formula is C16H14BrFN2O. The zero-order valence-corrected chi connectivity index (χ0v) is 13.0. The maximum Gasteiger partial charge on any atom is 0.228 e. The van der Waals surface area contributed by atoms with Crippen molar-refractivity contribution >= 4 is 27.5 Å². The summed E-state index contributed by atoms with van der Waals surface area (Å²) >= 11 is 3.26.